The molecular weight excluding hydrogens is 819 g/mol. The summed E-state index contributed by atoms with van der Waals surface area (Å²) in [4.78, 5) is 92.9. The Morgan fingerprint density at radius 1 is 0.806 bits per heavy atom. The summed E-state index contributed by atoms with van der Waals surface area (Å²) in [5, 5.41) is 10.3. The van der Waals surface area contributed by atoms with E-state index in [-0.39, 0.29) is 69.4 Å². The lowest BCUT2D eigenvalue weighted by Crippen LogP contribution is -2.68. The summed E-state index contributed by atoms with van der Waals surface area (Å²) in [6, 6.07) is -0.170. The highest BCUT2D eigenvalue weighted by atomic mass is 32.2. The molecule has 5 fully saturated rings. The van der Waals surface area contributed by atoms with Gasteiger partial charge in [-0.2, -0.15) is 0 Å². The number of amides is 1. The van der Waals surface area contributed by atoms with E-state index in [1.54, 1.807) is 6.92 Å². The molecule has 0 radical (unpaired) electrons. The Kier molecular flexibility index (Phi) is 13.0. The van der Waals surface area contributed by atoms with E-state index in [4.69, 9.17) is 23.7 Å². The van der Waals surface area contributed by atoms with Crippen LogP contribution in [0.15, 0.2) is 11.6 Å². The zero-order chi connectivity index (χ0) is 46.1. The molecule has 15 heteroatoms. The van der Waals surface area contributed by atoms with Gasteiger partial charge < -0.3 is 33.7 Å². The van der Waals surface area contributed by atoms with Gasteiger partial charge >= 0.3 is 29.8 Å². The third-order valence-corrected chi connectivity index (χ3v) is 18.4. The maximum absolute atomic E-state index is 14.9. The van der Waals surface area contributed by atoms with Crippen molar-refractivity contribution in [2.75, 3.05) is 19.4 Å². The first kappa shape index (κ1) is 48.0. The molecule has 0 unspecified atom stereocenters. The van der Waals surface area contributed by atoms with Crippen LogP contribution in [0.25, 0.3) is 0 Å². The maximum atomic E-state index is 14.9. The van der Waals surface area contributed by atoms with E-state index in [2.05, 4.69) is 41.5 Å². The van der Waals surface area contributed by atoms with Crippen LogP contribution in [0.1, 0.15) is 134 Å². The van der Waals surface area contributed by atoms with Gasteiger partial charge in [0, 0.05) is 52.0 Å². The van der Waals surface area contributed by atoms with E-state index in [0.29, 0.717) is 19.3 Å². The first-order valence-corrected chi connectivity index (χ1v) is 23.4. The van der Waals surface area contributed by atoms with Crippen LogP contribution in [0, 0.1) is 50.2 Å². The SMILES string of the molecule is COC(=O)[C@H]1O[C@@H](SCCN(C(C)=O)[C@H]2CC[C@]3(C)[C@H]4C(=O)C=C5[C@@H]6C[C@@](C)(C(=O)O)CC[C@]6(C)CC[C@@]5(C)[C@]4(C)CC[C@H]3C2(C)C)[C@H](OC(C)=O)[C@@H](OC(C)=O)[C@@H]1OC(C)=O. The number of carboxylic acids is 1. The highest BCUT2D eigenvalue weighted by Gasteiger charge is 2.70. The monoisotopic (exact) mass is 887 g/mol. The molecule has 6 rings (SSSR count). The molecular formula is C47H69NO13S. The van der Waals surface area contributed by atoms with Gasteiger partial charge in [0.15, 0.2) is 30.2 Å². The minimum atomic E-state index is -1.50. The fourth-order valence-corrected chi connectivity index (χ4v) is 15.1. The van der Waals surface area contributed by atoms with Gasteiger partial charge in [-0.25, -0.2) is 4.79 Å². The Bertz CT molecular complexity index is 1900. The van der Waals surface area contributed by atoms with Crippen LogP contribution < -0.4 is 0 Å². The molecule has 346 valence electrons. The third kappa shape index (κ3) is 7.90. The molecule has 14 nitrogen and oxygen atoms in total. The van der Waals surface area contributed by atoms with E-state index in [1.165, 1.54) is 24.3 Å². The second-order valence-electron chi connectivity index (χ2n) is 21.2. The number of methoxy groups -OCH3 is 1. The molecule has 0 spiro atoms. The molecule has 1 saturated heterocycles. The molecule has 1 aliphatic heterocycles. The van der Waals surface area contributed by atoms with Gasteiger partial charge in [-0.05, 0) is 110 Å². The Labute approximate surface area is 370 Å². The topological polar surface area (TPSA) is 189 Å². The number of thioether (sulfide) groups is 1. The van der Waals surface area contributed by atoms with E-state index in [1.807, 2.05) is 17.9 Å². The predicted molar refractivity (Wildman–Crippen MR) is 228 cm³/mol. The van der Waals surface area contributed by atoms with Crippen molar-refractivity contribution in [2.24, 2.45) is 50.2 Å². The van der Waals surface area contributed by atoms with Crippen LogP contribution in [-0.2, 0) is 57.2 Å². The van der Waals surface area contributed by atoms with Crippen molar-refractivity contribution < 1.29 is 62.4 Å². The fourth-order valence-electron chi connectivity index (χ4n) is 13.9. The van der Waals surface area contributed by atoms with Crippen molar-refractivity contribution in [3.63, 3.8) is 0 Å². The minimum absolute atomic E-state index is 0.0371. The number of fused-ring (bicyclic) bond motifs is 7. The van der Waals surface area contributed by atoms with E-state index in [9.17, 15) is 38.7 Å². The number of ether oxygens (including phenoxy) is 5. The Morgan fingerprint density at radius 3 is 1.98 bits per heavy atom. The molecule has 0 aromatic rings. The second kappa shape index (κ2) is 16.8. The number of ketones is 1. The standard InChI is InChI=1S/C47H69NO13S/c1-25(49)48(21-22-62-40-37(60-28(4)52)35(59-27(3)51)34(58-26(2)50)36(61-40)39(54)57-12)33-14-15-45(9)32(42(33,5)6)13-16-47(11)38(45)31(53)23-29-30-24-44(8,41(55)56)18-17-43(30,7)19-20-46(29,47)10/h23,30,32-38,40H,13-22,24H2,1-12H3,(H,55,56)/t30-,32-,33-,34-,35-,36-,37+,38+,40-,43+,44-,45-,46+,47+/m0/s1. The van der Waals surface area contributed by atoms with E-state index < -0.39 is 70.5 Å². The number of esters is 4. The van der Waals surface area contributed by atoms with Gasteiger partial charge in [0.2, 0.25) is 5.91 Å². The van der Waals surface area contributed by atoms with Crippen molar-refractivity contribution in [1.82, 2.24) is 4.90 Å². The highest BCUT2D eigenvalue weighted by molar-refractivity contribution is 7.99. The van der Waals surface area contributed by atoms with Gasteiger partial charge in [-0.15, -0.1) is 11.8 Å². The normalized spacial score (nSPS) is 42.0. The Hall–Kier alpha value is -3.46. The maximum Gasteiger partial charge on any atom is 0.339 e. The van der Waals surface area contributed by atoms with Crippen LogP contribution in [0.2, 0.25) is 0 Å². The van der Waals surface area contributed by atoms with Crippen LogP contribution in [0.5, 0.6) is 0 Å². The van der Waals surface area contributed by atoms with Crippen molar-refractivity contribution in [1.29, 1.82) is 0 Å². The smallest absolute Gasteiger partial charge is 0.339 e. The second-order valence-corrected chi connectivity index (χ2v) is 22.4. The van der Waals surface area contributed by atoms with Crippen molar-refractivity contribution in [2.45, 2.75) is 170 Å². The number of nitrogens with zero attached hydrogens (tertiary/aromatic N) is 1. The summed E-state index contributed by atoms with van der Waals surface area (Å²) in [5.74, 6) is -3.64. The lowest BCUT2D eigenvalue weighted by Gasteiger charge is -2.71. The number of carbonyl (C=O) groups excluding carboxylic acids is 6. The Morgan fingerprint density at radius 2 is 1.40 bits per heavy atom. The molecule has 14 atom stereocenters. The molecule has 0 aromatic carbocycles. The molecule has 4 saturated carbocycles. The average Bonchev–Trinajstić information content (AvgIpc) is 3.16. The van der Waals surface area contributed by atoms with Crippen molar-refractivity contribution in [3.8, 4) is 0 Å². The Balaban J connectivity index is 1.25. The molecule has 1 heterocycles. The lowest BCUT2D eigenvalue weighted by molar-refractivity contribution is -0.235. The van der Waals surface area contributed by atoms with Crippen LogP contribution in [0.3, 0.4) is 0 Å². The average molecular weight is 888 g/mol. The highest BCUT2D eigenvalue weighted by Crippen LogP contribution is 2.75. The zero-order valence-electron chi connectivity index (χ0n) is 38.8. The third-order valence-electron chi connectivity index (χ3n) is 17.3. The first-order valence-electron chi connectivity index (χ1n) is 22.3. The predicted octanol–water partition coefficient (Wildman–Crippen LogP) is 6.70. The van der Waals surface area contributed by atoms with Gasteiger partial charge in [0.1, 0.15) is 5.44 Å². The molecule has 1 N–H and O–H groups in total. The number of carbonyl (C=O) groups is 7. The molecule has 6 aliphatic rings. The number of aliphatic carboxylic acids is 1. The fraction of sp³-hybridized carbons (Fsp3) is 0.809. The van der Waals surface area contributed by atoms with Crippen LogP contribution in [0.4, 0.5) is 0 Å². The van der Waals surface area contributed by atoms with Crippen molar-refractivity contribution in [3.05, 3.63) is 11.6 Å². The summed E-state index contributed by atoms with van der Waals surface area (Å²) in [7, 11) is 1.14. The quantitative estimate of drug-likeness (QED) is 0.180. The van der Waals surface area contributed by atoms with Gasteiger partial charge in [0.25, 0.3) is 0 Å². The number of hydrogen-bond acceptors (Lipinski definition) is 13. The van der Waals surface area contributed by atoms with Crippen molar-refractivity contribution >= 4 is 53.3 Å². The summed E-state index contributed by atoms with van der Waals surface area (Å²) in [6.45, 7) is 20.9. The molecule has 0 aromatic heterocycles. The number of carboxylic acid groups (broad SMARTS) is 1. The summed E-state index contributed by atoms with van der Waals surface area (Å²) in [5.41, 5.74) is -2.09. The van der Waals surface area contributed by atoms with Crippen LogP contribution in [-0.4, -0.2) is 107 Å². The van der Waals surface area contributed by atoms with Crippen LogP contribution >= 0.6 is 11.8 Å². The number of rotatable bonds is 10. The minimum Gasteiger partial charge on any atom is -0.481 e. The summed E-state index contributed by atoms with van der Waals surface area (Å²) >= 11 is 1.18. The zero-order valence-corrected chi connectivity index (χ0v) is 39.6. The van der Waals surface area contributed by atoms with Gasteiger partial charge in [-0.1, -0.05) is 47.1 Å². The molecule has 0 bridgehead atoms. The largest absolute Gasteiger partial charge is 0.481 e. The van der Waals surface area contributed by atoms with Gasteiger partial charge in [-0.3, -0.25) is 28.8 Å². The van der Waals surface area contributed by atoms with Gasteiger partial charge in [0.05, 0.1) is 12.5 Å². The lowest BCUT2D eigenvalue weighted by atomic mass is 9.33. The first-order chi connectivity index (χ1) is 28.7. The number of allylic oxidation sites excluding steroid dienone is 2. The van der Waals surface area contributed by atoms with E-state index in [0.717, 1.165) is 59.5 Å². The molecule has 5 aliphatic carbocycles. The summed E-state index contributed by atoms with van der Waals surface area (Å²) < 4.78 is 27.7. The summed E-state index contributed by atoms with van der Waals surface area (Å²) in [6.07, 6.45) is 3.48. The molecule has 62 heavy (non-hydrogen) atoms. The molecule has 1 amide bonds. The van der Waals surface area contributed by atoms with E-state index >= 15 is 0 Å². The number of hydrogen-bond donors (Lipinski definition) is 1.